The molecular formula is C26H25F3N4O4S. The summed E-state index contributed by atoms with van der Waals surface area (Å²) in [5.74, 6) is -1.47. The zero-order valence-corrected chi connectivity index (χ0v) is 21.4. The first-order valence-electron chi connectivity index (χ1n) is 11.7. The van der Waals surface area contributed by atoms with Gasteiger partial charge in [0, 0.05) is 37.3 Å². The maximum atomic E-state index is 12.7. The number of nitrogens with zero attached hydrogens (tertiary/aromatic N) is 4. The molecule has 1 fully saturated rings. The summed E-state index contributed by atoms with van der Waals surface area (Å²) < 4.78 is 39.1. The second kappa shape index (κ2) is 11.2. The number of methoxy groups -OCH3 is 1. The number of aliphatic carboxylic acids is 1. The summed E-state index contributed by atoms with van der Waals surface area (Å²) in [6, 6.07) is 14.0. The van der Waals surface area contributed by atoms with Crippen molar-refractivity contribution in [3.05, 3.63) is 64.7 Å². The molecule has 3 aromatic heterocycles. The van der Waals surface area contributed by atoms with E-state index in [1.165, 1.54) is 11.3 Å². The Hall–Kier alpha value is -3.93. The largest absolute Gasteiger partial charge is 0.497 e. The predicted octanol–water partition coefficient (Wildman–Crippen LogP) is 5.36. The third kappa shape index (κ3) is 5.96. The molecule has 0 atom stereocenters. The number of hydrogen-bond donors (Lipinski definition) is 1. The molecule has 8 nitrogen and oxygen atoms in total. The molecule has 12 heteroatoms. The minimum absolute atomic E-state index is 0.141. The lowest BCUT2D eigenvalue weighted by Gasteiger charge is -2.31. The monoisotopic (exact) mass is 546 g/mol. The van der Waals surface area contributed by atoms with E-state index in [0.29, 0.717) is 5.92 Å². The van der Waals surface area contributed by atoms with Crippen molar-refractivity contribution >= 4 is 34.2 Å². The SMILES string of the molecule is COc1ccc(-c2nc(C3CCN(C(=O)c4cccs4)CC3)cc3c2ncn3C)cc1.O=C(O)C(F)(F)F. The van der Waals surface area contributed by atoms with Gasteiger partial charge in [0.05, 0.1) is 29.5 Å². The Balaban J connectivity index is 0.000000426. The van der Waals surface area contributed by atoms with Gasteiger partial charge in [-0.05, 0) is 54.6 Å². The molecule has 0 saturated carbocycles. The number of rotatable bonds is 4. The molecule has 4 heterocycles. The van der Waals surface area contributed by atoms with Crippen LogP contribution < -0.4 is 4.74 Å². The van der Waals surface area contributed by atoms with Crippen LogP contribution in [0.4, 0.5) is 13.2 Å². The van der Waals surface area contributed by atoms with Gasteiger partial charge in [0.2, 0.25) is 0 Å². The molecule has 1 aliphatic rings. The standard InChI is InChI=1S/C24H24N4O2S.C2HF3O2/c1-27-15-25-23-20(27)14-19(26-22(23)17-5-7-18(30-2)8-6-17)16-9-11-28(12-10-16)24(29)21-4-3-13-31-21;3-2(4,5)1(6)7/h3-8,13-16H,9-12H2,1-2H3;(H,6,7). The lowest BCUT2D eigenvalue weighted by molar-refractivity contribution is -0.192. The zero-order chi connectivity index (χ0) is 27.4. The second-order valence-corrected chi connectivity index (χ2v) is 9.64. The number of halogens is 3. The number of aryl methyl sites for hydroxylation is 1. The van der Waals surface area contributed by atoms with Crippen molar-refractivity contribution in [1.82, 2.24) is 19.4 Å². The van der Waals surface area contributed by atoms with E-state index >= 15 is 0 Å². The first kappa shape index (κ1) is 27.1. The Morgan fingerprint density at radius 1 is 1.13 bits per heavy atom. The van der Waals surface area contributed by atoms with Gasteiger partial charge in [0.15, 0.2) is 0 Å². The van der Waals surface area contributed by atoms with E-state index in [1.807, 2.05) is 64.6 Å². The van der Waals surface area contributed by atoms with Crippen molar-refractivity contribution in [3.63, 3.8) is 0 Å². The first-order valence-corrected chi connectivity index (χ1v) is 12.6. The number of carboxylic acid groups (broad SMARTS) is 1. The van der Waals surface area contributed by atoms with Crippen LogP contribution in [0.2, 0.25) is 0 Å². The van der Waals surface area contributed by atoms with Gasteiger partial charge in [-0.1, -0.05) is 6.07 Å². The average Bonchev–Trinajstić information content (AvgIpc) is 3.58. The number of carboxylic acids is 1. The number of ether oxygens (including phenoxy) is 1. The highest BCUT2D eigenvalue weighted by molar-refractivity contribution is 7.12. The highest BCUT2D eigenvalue weighted by atomic mass is 32.1. The lowest BCUT2D eigenvalue weighted by Crippen LogP contribution is -2.37. The fraction of sp³-hybridized carbons (Fsp3) is 0.308. The van der Waals surface area contributed by atoms with Gasteiger partial charge in [-0.25, -0.2) is 9.78 Å². The summed E-state index contributed by atoms with van der Waals surface area (Å²) in [6.07, 6.45) is -1.42. The third-order valence-electron chi connectivity index (χ3n) is 6.27. The molecule has 5 rings (SSSR count). The number of alkyl halides is 3. The van der Waals surface area contributed by atoms with Crippen LogP contribution in [-0.2, 0) is 11.8 Å². The minimum atomic E-state index is -5.08. The summed E-state index contributed by atoms with van der Waals surface area (Å²) in [7, 11) is 3.68. The number of amides is 1. The number of carbonyl (C=O) groups excluding carboxylic acids is 1. The normalized spacial score (nSPS) is 14.2. The van der Waals surface area contributed by atoms with Crippen molar-refractivity contribution < 1.29 is 32.6 Å². The van der Waals surface area contributed by atoms with Crippen LogP contribution >= 0.6 is 11.3 Å². The van der Waals surface area contributed by atoms with E-state index in [4.69, 9.17) is 19.6 Å². The van der Waals surface area contributed by atoms with E-state index < -0.39 is 12.1 Å². The van der Waals surface area contributed by atoms with Gasteiger partial charge in [-0.3, -0.25) is 9.78 Å². The number of benzene rings is 1. The molecule has 38 heavy (non-hydrogen) atoms. The Morgan fingerprint density at radius 2 is 1.79 bits per heavy atom. The topological polar surface area (TPSA) is 97.5 Å². The van der Waals surface area contributed by atoms with Crippen LogP contribution in [0.25, 0.3) is 22.3 Å². The number of pyridine rings is 1. The van der Waals surface area contributed by atoms with Crippen LogP contribution in [-0.4, -0.2) is 62.8 Å². The molecule has 1 aromatic carbocycles. The van der Waals surface area contributed by atoms with Gasteiger partial charge in [0.25, 0.3) is 5.91 Å². The van der Waals surface area contributed by atoms with Gasteiger partial charge in [-0.15, -0.1) is 11.3 Å². The number of carbonyl (C=O) groups is 2. The highest BCUT2D eigenvalue weighted by Crippen LogP contribution is 2.34. The molecule has 1 amide bonds. The molecule has 0 bridgehead atoms. The third-order valence-corrected chi connectivity index (χ3v) is 7.13. The van der Waals surface area contributed by atoms with Crippen LogP contribution in [0.5, 0.6) is 5.75 Å². The fourth-order valence-electron chi connectivity index (χ4n) is 4.24. The molecule has 200 valence electrons. The molecule has 0 spiro atoms. The summed E-state index contributed by atoms with van der Waals surface area (Å²) in [5.41, 5.74) is 4.98. The maximum absolute atomic E-state index is 12.7. The molecule has 0 radical (unpaired) electrons. The fourth-order valence-corrected chi connectivity index (χ4v) is 4.93. The van der Waals surface area contributed by atoms with Crippen molar-refractivity contribution in [2.45, 2.75) is 24.9 Å². The molecule has 1 saturated heterocycles. The van der Waals surface area contributed by atoms with Crippen LogP contribution in [0, 0.1) is 0 Å². The molecule has 1 N–H and O–H groups in total. The minimum Gasteiger partial charge on any atom is -0.497 e. The van der Waals surface area contributed by atoms with Gasteiger partial charge < -0.3 is 19.3 Å². The zero-order valence-electron chi connectivity index (χ0n) is 20.6. The van der Waals surface area contributed by atoms with Crippen molar-refractivity contribution in [3.8, 4) is 17.0 Å². The lowest BCUT2D eigenvalue weighted by atomic mass is 9.92. The quantitative estimate of drug-likeness (QED) is 0.370. The van der Waals surface area contributed by atoms with E-state index in [1.54, 1.807) is 7.11 Å². The van der Waals surface area contributed by atoms with E-state index in [2.05, 4.69) is 11.1 Å². The molecule has 0 unspecified atom stereocenters. The van der Waals surface area contributed by atoms with Crippen molar-refractivity contribution in [2.24, 2.45) is 7.05 Å². The smallest absolute Gasteiger partial charge is 0.490 e. The number of thiophene rings is 1. The van der Waals surface area contributed by atoms with Gasteiger partial charge in [-0.2, -0.15) is 13.2 Å². The first-order chi connectivity index (χ1) is 18.1. The van der Waals surface area contributed by atoms with E-state index in [0.717, 1.165) is 64.5 Å². The summed E-state index contributed by atoms with van der Waals surface area (Å²) >= 11 is 1.51. The molecule has 0 aliphatic carbocycles. The number of hydrogen-bond acceptors (Lipinski definition) is 6. The summed E-state index contributed by atoms with van der Waals surface area (Å²) in [6.45, 7) is 1.51. The molecule has 1 aliphatic heterocycles. The van der Waals surface area contributed by atoms with E-state index in [-0.39, 0.29) is 5.91 Å². The number of aromatic nitrogens is 3. The number of likely N-dealkylation sites (tertiary alicyclic amines) is 1. The Bertz CT molecular complexity index is 1410. The Morgan fingerprint density at radius 3 is 2.34 bits per heavy atom. The van der Waals surface area contributed by atoms with Crippen LogP contribution in [0.3, 0.4) is 0 Å². The molecule has 4 aromatic rings. The van der Waals surface area contributed by atoms with Crippen molar-refractivity contribution in [2.75, 3.05) is 20.2 Å². The highest BCUT2D eigenvalue weighted by Gasteiger charge is 2.38. The van der Waals surface area contributed by atoms with E-state index in [9.17, 15) is 18.0 Å². The molecular weight excluding hydrogens is 521 g/mol. The summed E-state index contributed by atoms with van der Waals surface area (Å²) in [4.78, 5) is 34.0. The average molecular weight is 547 g/mol. The van der Waals surface area contributed by atoms with Gasteiger partial charge >= 0.3 is 12.1 Å². The Labute approximate surface area is 220 Å². The number of fused-ring (bicyclic) bond motifs is 1. The second-order valence-electron chi connectivity index (χ2n) is 8.69. The van der Waals surface area contributed by atoms with Gasteiger partial charge in [0.1, 0.15) is 11.3 Å². The predicted molar refractivity (Wildman–Crippen MR) is 136 cm³/mol. The van der Waals surface area contributed by atoms with Crippen LogP contribution in [0.1, 0.15) is 34.1 Å². The summed E-state index contributed by atoms with van der Waals surface area (Å²) in [5, 5.41) is 9.08. The van der Waals surface area contributed by atoms with Crippen molar-refractivity contribution in [1.29, 1.82) is 0 Å². The Kier molecular flexibility index (Phi) is 8.00. The number of imidazole rings is 1. The van der Waals surface area contributed by atoms with Crippen LogP contribution in [0.15, 0.2) is 54.2 Å². The number of piperidine rings is 1. The maximum Gasteiger partial charge on any atom is 0.490 e.